The van der Waals surface area contributed by atoms with E-state index < -0.39 is 5.97 Å². The third-order valence-corrected chi connectivity index (χ3v) is 11.8. The lowest BCUT2D eigenvalue weighted by atomic mass is 10.0. The SMILES string of the molecule is CCCCCCCCCCCCCCCCCCCCCCN(CCCCCCCCCCCCCCCCCCCCCC)CCCCC(=O)O. The van der Waals surface area contributed by atoms with Gasteiger partial charge in [0.05, 0.1) is 0 Å². The van der Waals surface area contributed by atoms with Crippen molar-refractivity contribution in [2.45, 2.75) is 290 Å². The molecule has 0 aliphatic rings. The zero-order valence-corrected chi connectivity index (χ0v) is 36.3. The fraction of sp³-hybridized carbons (Fsp3) is 0.980. The van der Waals surface area contributed by atoms with E-state index in [-0.39, 0.29) is 0 Å². The van der Waals surface area contributed by atoms with Gasteiger partial charge in [0.1, 0.15) is 0 Å². The molecule has 0 atom stereocenters. The summed E-state index contributed by atoms with van der Waals surface area (Å²) < 4.78 is 0. The van der Waals surface area contributed by atoms with Gasteiger partial charge in [0.25, 0.3) is 0 Å². The Kier molecular flexibility index (Phi) is 46.1. The zero-order valence-electron chi connectivity index (χ0n) is 36.3. The van der Waals surface area contributed by atoms with Crippen molar-refractivity contribution in [3.63, 3.8) is 0 Å². The quantitative estimate of drug-likeness (QED) is 0.0633. The van der Waals surface area contributed by atoms with Gasteiger partial charge in [-0.1, -0.05) is 258 Å². The van der Waals surface area contributed by atoms with Gasteiger partial charge in [-0.15, -0.1) is 0 Å². The van der Waals surface area contributed by atoms with Gasteiger partial charge in [-0.05, 0) is 45.3 Å². The Labute approximate surface area is 329 Å². The fourth-order valence-corrected chi connectivity index (χ4v) is 8.13. The van der Waals surface area contributed by atoms with Gasteiger partial charge < -0.3 is 10.0 Å². The number of hydrogen-bond donors (Lipinski definition) is 1. The molecule has 0 unspecified atom stereocenters. The first kappa shape index (κ1) is 51.4. The Morgan fingerprint density at radius 2 is 0.462 bits per heavy atom. The second-order valence-electron chi connectivity index (χ2n) is 17.1. The molecule has 3 nitrogen and oxygen atoms in total. The molecule has 0 heterocycles. The highest BCUT2D eigenvalue weighted by molar-refractivity contribution is 5.66. The third kappa shape index (κ3) is 45.6. The van der Waals surface area contributed by atoms with Crippen molar-refractivity contribution in [1.82, 2.24) is 4.90 Å². The van der Waals surface area contributed by atoms with Crippen molar-refractivity contribution in [2.75, 3.05) is 19.6 Å². The lowest BCUT2D eigenvalue weighted by Crippen LogP contribution is -2.27. The smallest absolute Gasteiger partial charge is 0.303 e. The minimum Gasteiger partial charge on any atom is -0.481 e. The molecule has 0 amide bonds. The maximum absolute atomic E-state index is 11.0. The summed E-state index contributed by atoms with van der Waals surface area (Å²) in [5, 5.41) is 9.03. The molecule has 0 aromatic carbocycles. The van der Waals surface area contributed by atoms with E-state index in [0.717, 1.165) is 19.4 Å². The van der Waals surface area contributed by atoms with Crippen molar-refractivity contribution in [3.05, 3.63) is 0 Å². The van der Waals surface area contributed by atoms with Crippen molar-refractivity contribution in [1.29, 1.82) is 0 Å². The number of unbranched alkanes of at least 4 members (excludes halogenated alkanes) is 39. The van der Waals surface area contributed by atoms with Gasteiger partial charge in [0.15, 0.2) is 0 Å². The van der Waals surface area contributed by atoms with Crippen LogP contribution in [0.3, 0.4) is 0 Å². The average Bonchev–Trinajstić information content (AvgIpc) is 3.14. The summed E-state index contributed by atoms with van der Waals surface area (Å²) in [4.78, 5) is 13.6. The van der Waals surface area contributed by atoms with Crippen LogP contribution in [0, 0.1) is 0 Å². The summed E-state index contributed by atoms with van der Waals surface area (Å²) >= 11 is 0. The Balaban J connectivity index is 3.62. The molecule has 0 aliphatic heterocycles. The molecule has 0 fully saturated rings. The molecule has 0 aromatic heterocycles. The first-order valence-corrected chi connectivity index (χ1v) is 24.6. The van der Waals surface area contributed by atoms with Crippen molar-refractivity contribution < 1.29 is 9.90 Å². The maximum Gasteiger partial charge on any atom is 0.303 e. The molecule has 0 aromatic rings. The van der Waals surface area contributed by atoms with Gasteiger partial charge >= 0.3 is 5.97 Å². The van der Waals surface area contributed by atoms with Gasteiger partial charge in [-0.2, -0.15) is 0 Å². The molecule has 0 spiro atoms. The minimum absolute atomic E-state index is 0.326. The van der Waals surface area contributed by atoms with E-state index in [9.17, 15) is 4.79 Å². The highest BCUT2D eigenvalue weighted by Crippen LogP contribution is 2.17. The van der Waals surface area contributed by atoms with Crippen LogP contribution in [0.4, 0.5) is 0 Å². The minimum atomic E-state index is -0.644. The van der Waals surface area contributed by atoms with Crippen LogP contribution in [0.5, 0.6) is 0 Å². The van der Waals surface area contributed by atoms with Crippen LogP contribution in [0.2, 0.25) is 0 Å². The Morgan fingerprint density at radius 1 is 0.288 bits per heavy atom. The number of aliphatic carboxylic acids is 1. The van der Waals surface area contributed by atoms with Crippen LogP contribution in [0.1, 0.15) is 290 Å². The van der Waals surface area contributed by atoms with Gasteiger partial charge in [-0.3, -0.25) is 4.79 Å². The predicted octanol–water partition coefficient (Wildman–Crippen LogP) is 17.2. The molecule has 1 N–H and O–H groups in total. The second-order valence-corrected chi connectivity index (χ2v) is 17.1. The predicted molar refractivity (Wildman–Crippen MR) is 234 cm³/mol. The largest absolute Gasteiger partial charge is 0.481 e. The highest BCUT2D eigenvalue weighted by atomic mass is 16.4. The fourth-order valence-electron chi connectivity index (χ4n) is 8.13. The Bertz CT molecular complexity index is 607. The molecule has 0 saturated heterocycles. The molecule has 3 heteroatoms. The number of nitrogens with zero attached hydrogens (tertiary/aromatic N) is 1. The summed E-state index contributed by atoms with van der Waals surface area (Å²) in [5.41, 5.74) is 0. The molecular formula is C49H99NO2. The number of rotatable bonds is 47. The lowest BCUT2D eigenvalue weighted by molar-refractivity contribution is -0.137. The van der Waals surface area contributed by atoms with Crippen molar-refractivity contribution in [3.8, 4) is 0 Å². The average molecular weight is 734 g/mol. The third-order valence-electron chi connectivity index (χ3n) is 11.8. The zero-order chi connectivity index (χ0) is 37.7. The maximum atomic E-state index is 11.0. The Hall–Kier alpha value is -0.570. The van der Waals surface area contributed by atoms with Crippen LogP contribution in [0.25, 0.3) is 0 Å². The van der Waals surface area contributed by atoms with E-state index >= 15 is 0 Å². The number of carbonyl (C=O) groups is 1. The van der Waals surface area contributed by atoms with Gasteiger partial charge in [-0.25, -0.2) is 0 Å². The van der Waals surface area contributed by atoms with E-state index in [1.165, 1.54) is 270 Å². The van der Waals surface area contributed by atoms with Crippen LogP contribution in [0.15, 0.2) is 0 Å². The van der Waals surface area contributed by atoms with E-state index in [1.807, 2.05) is 0 Å². The second kappa shape index (κ2) is 46.6. The molecule has 0 aliphatic carbocycles. The lowest BCUT2D eigenvalue weighted by Gasteiger charge is -2.22. The molecule has 312 valence electrons. The topological polar surface area (TPSA) is 40.5 Å². The van der Waals surface area contributed by atoms with Crippen molar-refractivity contribution >= 4 is 5.97 Å². The molecule has 0 radical (unpaired) electrons. The molecule has 52 heavy (non-hydrogen) atoms. The highest BCUT2D eigenvalue weighted by Gasteiger charge is 2.06. The first-order valence-electron chi connectivity index (χ1n) is 24.6. The standard InChI is InChI=1S/C49H99NO2/c1-3-5-7-9-11-13-15-17-19-21-23-25-27-29-31-33-35-37-39-42-46-50(48-44-41-45-49(51)52)47-43-40-38-36-34-32-30-28-26-24-22-20-18-16-14-12-10-8-6-4-2/h3-48H2,1-2H3,(H,51,52). The normalized spacial score (nSPS) is 11.7. The summed E-state index contributed by atoms with van der Waals surface area (Å²) in [6.45, 7) is 8.12. The first-order chi connectivity index (χ1) is 25.7. The van der Waals surface area contributed by atoms with E-state index in [2.05, 4.69) is 18.7 Å². The monoisotopic (exact) mass is 734 g/mol. The van der Waals surface area contributed by atoms with E-state index in [4.69, 9.17) is 5.11 Å². The van der Waals surface area contributed by atoms with Crippen LogP contribution in [-0.2, 0) is 4.79 Å². The van der Waals surface area contributed by atoms with Crippen LogP contribution >= 0.6 is 0 Å². The van der Waals surface area contributed by atoms with Crippen molar-refractivity contribution in [2.24, 2.45) is 0 Å². The van der Waals surface area contributed by atoms with Gasteiger partial charge in [0, 0.05) is 6.42 Å². The molecule has 0 saturated carbocycles. The van der Waals surface area contributed by atoms with E-state index in [0.29, 0.717) is 6.42 Å². The number of carboxylic acids is 1. The summed E-state index contributed by atoms with van der Waals surface area (Å²) in [5.74, 6) is -0.644. The van der Waals surface area contributed by atoms with E-state index in [1.54, 1.807) is 0 Å². The summed E-state index contributed by atoms with van der Waals surface area (Å²) in [6.07, 6.45) is 59.5. The van der Waals surface area contributed by atoms with Crippen LogP contribution in [-0.4, -0.2) is 35.6 Å². The molecular weight excluding hydrogens is 635 g/mol. The molecule has 0 bridgehead atoms. The molecule has 0 rings (SSSR count). The van der Waals surface area contributed by atoms with Gasteiger partial charge in [0.2, 0.25) is 0 Å². The number of carboxylic acid groups (broad SMARTS) is 1. The number of hydrogen-bond acceptors (Lipinski definition) is 2. The summed E-state index contributed by atoms with van der Waals surface area (Å²) in [7, 11) is 0. The van der Waals surface area contributed by atoms with Crippen LogP contribution < -0.4 is 0 Å². The Morgan fingerprint density at radius 3 is 0.654 bits per heavy atom. The summed E-state index contributed by atoms with van der Waals surface area (Å²) in [6, 6.07) is 0.